The average molecular weight is 284 g/mol. The summed E-state index contributed by atoms with van der Waals surface area (Å²) in [6.45, 7) is 5.38. The molecular weight excluding hydrogens is 260 g/mol. The minimum atomic E-state index is -0.234. The van der Waals surface area contributed by atoms with Gasteiger partial charge in [-0.2, -0.15) is 0 Å². The second-order valence-corrected chi connectivity index (χ2v) is 5.00. The van der Waals surface area contributed by atoms with Crippen molar-refractivity contribution in [1.82, 2.24) is 10.2 Å². The molecule has 2 amide bonds. The van der Waals surface area contributed by atoms with Crippen molar-refractivity contribution in [3.05, 3.63) is 0 Å². The lowest BCUT2D eigenvalue weighted by Gasteiger charge is -2.31. The van der Waals surface area contributed by atoms with Gasteiger partial charge >= 0.3 is 5.97 Å². The molecule has 0 aliphatic carbocycles. The van der Waals surface area contributed by atoms with Crippen LogP contribution in [0.2, 0.25) is 0 Å². The molecule has 0 bridgehead atoms. The Labute approximate surface area is 119 Å². The Bertz CT molecular complexity index is 357. The van der Waals surface area contributed by atoms with E-state index in [2.05, 4.69) is 5.32 Å². The van der Waals surface area contributed by atoms with Gasteiger partial charge in [0.25, 0.3) is 0 Å². The molecule has 1 heterocycles. The van der Waals surface area contributed by atoms with Gasteiger partial charge in [0.1, 0.15) is 0 Å². The molecule has 6 nitrogen and oxygen atoms in total. The maximum Gasteiger partial charge on any atom is 0.305 e. The summed E-state index contributed by atoms with van der Waals surface area (Å²) in [4.78, 5) is 36.1. The number of ether oxygens (including phenoxy) is 1. The van der Waals surface area contributed by atoms with E-state index in [1.165, 1.54) is 6.92 Å². The molecule has 0 spiro atoms. The van der Waals surface area contributed by atoms with Crippen LogP contribution in [0.15, 0.2) is 0 Å². The lowest BCUT2D eigenvalue weighted by Crippen LogP contribution is -2.44. The summed E-state index contributed by atoms with van der Waals surface area (Å²) < 4.78 is 4.81. The number of nitrogens with zero attached hydrogens (tertiary/aromatic N) is 1. The number of nitrogens with one attached hydrogen (secondary N) is 1. The fourth-order valence-electron chi connectivity index (χ4n) is 2.30. The maximum atomic E-state index is 12.0. The summed E-state index contributed by atoms with van der Waals surface area (Å²) in [7, 11) is 0. The van der Waals surface area contributed by atoms with Gasteiger partial charge in [-0.1, -0.05) is 0 Å². The third-order valence-electron chi connectivity index (χ3n) is 3.40. The third kappa shape index (κ3) is 5.59. The highest BCUT2D eigenvalue weighted by atomic mass is 16.5. The van der Waals surface area contributed by atoms with Gasteiger partial charge in [-0.25, -0.2) is 0 Å². The highest BCUT2D eigenvalue weighted by Gasteiger charge is 2.26. The summed E-state index contributed by atoms with van der Waals surface area (Å²) in [6, 6.07) is 0. The minimum absolute atomic E-state index is 0.0183. The van der Waals surface area contributed by atoms with Crippen molar-refractivity contribution >= 4 is 17.8 Å². The van der Waals surface area contributed by atoms with E-state index in [1.54, 1.807) is 11.8 Å². The van der Waals surface area contributed by atoms with Gasteiger partial charge in [0.15, 0.2) is 0 Å². The van der Waals surface area contributed by atoms with Gasteiger partial charge in [-0.05, 0) is 26.2 Å². The number of hydrogen-bond donors (Lipinski definition) is 1. The molecule has 1 aliphatic heterocycles. The molecule has 1 N–H and O–H groups in total. The first-order chi connectivity index (χ1) is 9.54. The van der Waals surface area contributed by atoms with Gasteiger partial charge < -0.3 is 15.0 Å². The lowest BCUT2D eigenvalue weighted by atomic mass is 9.97. The Morgan fingerprint density at radius 3 is 2.75 bits per heavy atom. The van der Waals surface area contributed by atoms with Crippen LogP contribution in [-0.4, -0.2) is 48.9 Å². The van der Waals surface area contributed by atoms with Crippen molar-refractivity contribution in [3.63, 3.8) is 0 Å². The van der Waals surface area contributed by atoms with Gasteiger partial charge in [0.05, 0.1) is 12.5 Å². The lowest BCUT2D eigenvalue weighted by molar-refractivity contribution is -0.143. The summed E-state index contributed by atoms with van der Waals surface area (Å²) in [6.07, 6.45) is 2.57. The Balaban J connectivity index is 2.22. The quantitative estimate of drug-likeness (QED) is 0.575. The van der Waals surface area contributed by atoms with E-state index in [0.717, 1.165) is 19.4 Å². The molecule has 114 valence electrons. The van der Waals surface area contributed by atoms with Crippen LogP contribution in [0.25, 0.3) is 0 Å². The second kappa shape index (κ2) is 8.55. The van der Waals surface area contributed by atoms with Crippen molar-refractivity contribution in [1.29, 1.82) is 0 Å². The number of hydrogen-bond acceptors (Lipinski definition) is 4. The van der Waals surface area contributed by atoms with E-state index in [-0.39, 0.29) is 23.7 Å². The van der Waals surface area contributed by atoms with Crippen LogP contribution in [0.1, 0.15) is 39.5 Å². The summed E-state index contributed by atoms with van der Waals surface area (Å²) in [5.41, 5.74) is 0. The minimum Gasteiger partial charge on any atom is -0.466 e. The van der Waals surface area contributed by atoms with Gasteiger partial charge in [-0.3, -0.25) is 14.4 Å². The van der Waals surface area contributed by atoms with Crippen LogP contribution in [0.4, 0.5) is 0 Å². The molecule has 0 aromatic heterocycles. The topological polar surface area (TPSA) is 75.7 Å². The summed E-state index contributed by atoms with van der Waals surface area (Å²) in [5, 5.41) is 2.82. The van der Waals surface area contributed by atoms with Crippen molar-refractivity contribution in [2.45, 2.75) is 39.5 Å². The Morgan fingerprint density at radius 1 is 1.35 bits per heavy atom. The van der Waals surface area contributed by atoms with Crippen molar-refractivity contribution in [2.75, 3.05) is 26.2 Å². The van der Waals surface area contributed by atoms with Gasteiger partial charge in [0.2, 0.25) is 11.8 Å². The van der Waals surface area contributed by atoms with E-state index in [0.29, 0.717) is 32.5 Å². The molecule has 1 rings (SSSR count). The molecule has 1 atom stereocenters. The van der Waals surface area contributed by atoms with E-state index >= 15 is 0 Å². The van der Waals surface area contributed by atoms with Crippen LogP contribution < -0.4 is 5.32 Å². The van der Waals surface area contributed by atoms with Gasteiger partial charge in [-0.15, -0.1) is 0 Å². The predicted octanol–water partition coefficient (Wildman–Crippen LogP) is 0.704. The van der Waals surface area contributed by atoms with Crippen molar-refractivity contribution in [3.8, 4) is 0 Å². The fraction of sp³-hybridized carbons (Fsp3) is 0.786. The van der Waals surface area contributed by atoms with Crippen LogP contribution in [-0.2, 0) is 19.1 Å². The molecule has 0 radical (unpaired) electrons. The molecule has 0 aromatic rings. The first kappa shape index (κ1) is 16.5. The summed E-state index contributed by atoms with van der Waals surface area (Å²) in [5.74, 6) is -0.373. The van der Waals surface area contributed by atoms with Crippen molar-refractivity contribution < 1.29 is 19.1 Å². The zero-order chi connectivity index (χ0) is 15.0. The maximum absolute atomic E-state index is 12.0. The van der Waals surface area contributed by atoms with Crippen molar-refractivity contribution in [2.24, 2.45) is 5.92 Å². The Morgan fingerprint density at radius 2 is 2.10 bits per heavy atom. The van der Waals surface area contributed by atoms with E-state index < -0.39 is 0 Å². The van der Waals surface area contributed by atoms with Crippen LogP contribution >= 0.6 is 0 Å². The van der Waals surface area contributed by atoms with Gasteiger partial charge in [0, 0.05) is 33.0 Å². The zero-order valence-corrected chi connectivity index (χ0v) is 12.3. The largest absolute Gasteiger partial charge is 0.466 e. The molecule has 1 unspecified atom stereocenters. The van der Waals surface area contributed by atoms with Crippen LogP contribution in [0, 0.1) is 5.92 Å². The number of rotatable bonds is 6. The monoisotopic (exact) mass is 284 g/mol. The highest BCUT2D eigenvalue weighted by molar-refractivity contribution is 5.80. The van der Waals surface area contributed by atoms with Crippen LogP contribution in [0.3, 0.4) is 0 Å². The average Bonchev–Trinajstić information content (AvgIpc) is 2.43. The zero-order valence-electron chi connectivity index (χ0n) is 12.3. The molecule has 0 saturated carbocycles. The fourth-order valence-corrected chi connectivity index (χ4v) is 2.30. The number of piperidine rings is 1. The smallest absolute Gasteiger partial charge is 0.305 e. The number of likely N-dealkylation sites (tertiary alicyclic amines) is 1. The molecule has 1 fully saturated rings. The SMILES string of the molecule is CCOC(=O)CCCNC(=O)C1CCCN(C(C)=O)C1. The normalized spacial score (nSPS) is 18.5. The molecular formula is C14H24N2O4. The number of carbonyl (C=O) groups excluding carboxylic acids is 3. The number of esters is 1. The molecule has 1 saturated heterocycles. The highest BCUT2D eigenvalue weighted by Crippen LogP contribution is 2.16. The Hall–Kier alpha value is -1.59. The predicted molar refractivity (Wildman–Crippen MR) is 73.9 cm³/mol. The standard InChI is InChI=1S/C14H24N2O4/c1-3-20-13(18)7-4-8-15-14(19)12-6-5-9-16(10-12)11(2)17/h12H,3-10H2,1-2H3,(H,15,19). The number of amides is 2. The molecule has 20 heavy (non-hydrogen) atoms. The molecule has 6 heteroatoms. The Kier molecular flexibility index (Phi) is 7.04. The molecule has 0 aromatic carbocycles. The third-order valence-corrected chi connectivity index (χ3v) is 3.40. The van der Waals surface area contributed by atoms with E-state index in [4.69, 9.17) is 4.74 Å². The summed E-state index contributed by atoms with van der Waals surface area (Å²) >= 11 is 0. The number of carbonyl (C=O) groups is 3. The second-order valence-electron chi connectivity index (χ2n) is 5.00. The first-order valence-electron chi connectivity index (χ1n) is 7.23. The molecule has 1 aliphatic rings. The van der Waals surface area contributed by atoms with Crippen LogP contribution in [0.5, 0.6) is 0 Å². The first-order valence-corrected chi connectivity index (χ1v) is 7.23. The van der Waals surface area contributed by atoms with E-state index in [1.807, 2.05) is 0 Å². The van der Waals surface area contributed by atoms with E-state index in [9.17, 15) is 14.4 Å².